The molecular formula is C26H32N6O2. The molecule has 0 amide bonds. The lowest BCUT2D eigenvalue weighted by Crippen LogP contribution is -2.30. The first kappa shape index (κ1) is 23.6. The van der Waals surface area contributed by atoms with E-state index < -0.39 is 0 Å². The molecule has 8 nitrogen and oxygen atoms in total. The predicted molar refractivity (Wildman–Crippen MR) is 135 cm³/mol. The van der Waals surface area contributed by atoms with Crippen LogP contribution in [0.2, 0.25) is 0 Å². The zero-order valence-corrected chi connectivity index (χ0v) is 20.0. The quantitative estimate of drug-likeness (QED) is 0.457. The molecule has 0 bridgehead atoms. The Bertz CT molecular complexity index is 1110. The Morgan fingerprint density at radius 1 is 1.18 bits per heavy atom. The Hall–Kier alpha value is -3.52. The third-order valence-corrected chi connectivity index (χ3v) is 6.09. The highest BCUT2D eigenvalue weighted by molar-refractivity contribution is 6.01. The normalized spacial score (nSPS) is 14.0. The van der Waals surface area contributed by atoms with Gasteiger partial charge < -0.3 is 25.1 Å². The van der Waals surface area contributed by atoms with E-state index in [2.05, 4.69) is 27.2 Å². The second-order valence-electron chi connectivity index (χ2n) is 8.65. The average molecular weight is 461 g/mol. The van der Waals surface area contributed by atoms with Crippen molar-refractivity contribution in [3.63, 3.8) is 0 Å². The number of hydrogen-bond donors (Lipinski definition) is 2. The lowest BCUT2D eigenvalue weighted by atomic mass is 10.00. The molecule has 2 N–H and O–H groups in total. The molecule has 1 saturated heterocycles. The van der Waals surface area contributed by atoms with E-state index in [1.54, 1.807) is 32.6 Å². The molecule has 8 heteroatoms. The highest BCUT2D eigenvalue weighted by Gasteiger charge is 2.17. The van der Waals surface area contributed by atoms with E-state index in [1.165, 1.54) is 0 Å². The monoisotopic (exact) mass is 460 g/mol. The van der Waals surface area contributed by atoms with Crippen molar-refractivity contribution in [2.75, 3.05) is 44.1 Å². The smallest absolute Gasteiger partial charge is 0.147 e. The molecule has 1 aromatic carbocycles. The second kappa shape index (κ2) is 11.1. The molecule has 0 atom stereocenters. The fraction of sp³-hybridized carbons (Fsp3) is 0.385. The molecule has 2 aromatic heterocycles. The summed E-state index contributed by atoms with van der Waals surface area (Å²) in [6.45, 7) is 4.96. The van der Waals surface area contributed by atoms with Crippen molar-refractivity contribution >= 4 is 17.3 Å². The number of ether oxygens (including phenoxy) is 2. The van der Waals surface area contributed by atoms with E-state index in [1.807, 2.05) is 30.3 Å². The zero-order chi connectivity index (χ0) is 23.9. The first-order valence-electron chi connectivity index (χ1n) is 11.6. The minimum atomic E-state index is 0.437. The van der Waals surface area contributed by atoms with Gasteiger partial charge in [-0.3, -0.25) is 4.98 Å². The van der Waals surface area contributed by atoms with Crippen LogP contribution in [0.4, 0.5) is 11.6 Å². The number of hydrogen-bond acceptors (Lipinski definition) is 8. The van der Waals surface area contributed by atoms with Crippen molar-refractivity contribution in [1.29, 1.82) is 5.41 Å². The van der Waals surface area contributed by atoms with Gasteiger partial charge in [-0.15, -0.1) is 0 Å². The largest absolute Gasteiger partial charge is 0.497 e. The highest BCUT2D eigenvalue weighted by atomic mass is 16.5. The predicted octanol–water partition coefficient (Wildman–Crippen LogP) is 4.41. The molecule has 34 heavy (non-hydrogen) atoms. The Kier molecular flexibility index (Phi) is 7.69. The van der Waals surface area contributed by atoms with Gasteiger partial charge in [0, 0.05) is 56.4 Å². The zero-order valence-electron chi connectivity index (χ0n) is 20.0. The number of nitrogens with zero attached hydrogens (tertiary/aromatic N) is 4. The van der Waals surface area contributed by atoms with Crippen molar-refractivity contribution in [2.24, 2.45) is 5.92 Å². The minimum Gasteiger partial charge on any atom is -0.497 e. The van der Waals surface area contributed by atoms with Crippen LogP contribution in [-0.2, 0) is 11.3 Å². The van der Waals surface area contributed by atoms with Crippen LogP contribution in [0.15, 0.2) is 48.9 Å². The van der Waals surface area contributed by atoms with Crippen molar-refractivity contribution in [3.05, 3.63) is 60.0 Å². The second-order valence-corrected chi connectivity index (χ2v) is 8.65. The molecule has 0 spiro atoms. The van der Waals surface area contributed by atoms with Crippen molar-refractivity contribution in [1.82, 2.24) is 15.0 Å². The summed E-state index contributed by atoms with van der Waals surface area (Å²) < 4.78 is 10.7. The lowest BCUT2D eigenvalue weighted by molar-refractivity contribution is 0.0685. The average Bonchev–Trinajstić information content (AvgIpc) is 2.88. The number of pyridine rings is 1. The molecule has 3 heterocycles. The van der Waals surface area contributed by atoms with E-state index in [0.29, 0.717) is 24.0 Å². The van der Waals surface area contributed by atoms with Crippen molar-refractivity contribution in [3.8, 4) is 17.0 Å². The number of aromatic nitrogens is 3. The van der Waals surface area contributed by atoms with Gasteiger partial charge in [-0.1, -0.05) is 12.1 Å². The summed E-state index contributed by atoms with van der Waals surface area (Å²) in [6, 6.07) is 9.84. The topological polar surface area (TPSA) is 96.2 Å². The highest BCUT2D eigenvalue weighted by Crippen LogP contribution is 2.25. The summed E-state index contributed by atoms with van der Waals surface area (Å²) in [4.78, 5) is 16.0. The molecule has 3 aromatic rings. The summed E-state index contributed by atoms with van der Waals surface area (Å²) in [5, 5.41) is 11.6. The van der Waals surface area contributed by atoms with Crippen LogP contribution < -0.4 is 15.0 Å². The molecule has 1 fully saturated rings. The van der Waals surface area contributed by atoms with Gasteiger partial charge in [-0.05, 0) is 49.4 Å². The van der Waals surface area contributed by atoms with Crippen LogP contribution in [0.25, 0.3) is 11.3 Å². The lowest BCUT2D eigenvalue weighted by Gasteiger charge is -2.27. The van der Waals surface area contributed by atoms with E-state index in [9.17, 15) is 0 Å². The maximum Gasteiger partial charge on any atom is 0.147 e. The number of rotatable bonds is 9. The Morgan fingerprint density at radius 3 is 2.65 bits per heavy atom. The Morgan fingerprint density at radius 2 is 1.94 bits per heavy atom. The van der Waals surface area contributed by atoms with Crippen molar-refractivity contribution in [2.45, 2.75) is 26.3 Å². The van der Waals surface area contributed by atoms with Crippen molar-refractivity contribution < 1.29 is 9.47 Å². The molecule has 1 aliphatic heterocycles. The summed E-state index contributed by atoms with van der Waals surface area (Å²) >= 11 is 0. The maximum absolute atomic E-state index is 8.27. The molecular weight excluding hydrogens is 428 g/mol. The van der Waals surface area contributed by atoms with E-state index >= 15 is 0 Å². The summed E-state index contributed by atoms with van der Waals surface area (Å²) in [6.07, 6.45) is 7.48. The molecule has 178 valence electrons. The third kappa shape index (κ3) is 5.88. The van der Waals surface area contributed by atoms with Gasteiger partial charge in [0.2, 0.25) is 0 Å². The molecule has 0 unspecified atom stereocenters. The fourth-order valence-corrected chi connectivity index (χ4v) is 4.05. The molecule has 0 saturated carbocycles. The van der Waals surface area contributed by atoms with Gasteiger partial charge in [-0.25, -0.2) is 9.97 Å². The summed E-state index contributed by atoms with van der Waals surface area (Å²) in [7, 11) is 3.71. The molecule has 4 rings (SSSR count). The first-order valence-corrected chi connectivity index (χ1v) is 11.6. The van der Waals surface area contributed by atoms with Gasteiger partial charge in [0.1, 0.15) is 17.4 Å². The van der Waals surface area contributed by atoms with Crippen LogP contribution in [0, 0.1) is 11.3 Å². The first-order chi connectivity index (χ1) is 16.5. The third-order valence-electron chi connectivity index (χ3n) is 6.09. The van der Waals surface area contributed by atoms with Gasteiger partial charge >= 0.3 is 0 Å². The molecule has 0 radical (unpaired) electrons. The van der Waals surface area contributed by atoms with Crippen LogP contribution >= 0.6 is 0 Å². The maximum atomic E-state index is 8.27. The summed E-state index contributed by atoms with van der Waals surface area (Å²) in [5.41, 5.74) is 3.87. The number of anilines is 2. The van der Waals surface area contributed by atoms with E-state index in [0.717, 1.165) is 66.6 Å². The van der Waals surface area contributed by atoms with Crippen LogP contribution in [0.1, 0.15) is 30.9 Å². The van der Waals surface area contributed by atoms with Gasteiger partial charge in [0.05, 0.1) is 25.2 Å². The standard InChI is InChI=1S/C26H32N6O2/c1-18(27)23-12-21(14-30-26(23)29-13-19-4-6-22(33-3)7-5-19)24-15-28-16-25(31-24)32(2)17-20-8-10-34-11-9-20/h4-7,12,14-16,20,27H,8-11,13,17H2,1-3H3,(H,29,30). The fourth-order valence-electron chi connectivity index (χ4n) is 4.05. The van der Waals surface area contributed by atoms with Crippen LogP contribution in [-0.4, -0.2) is 54.6 Å². The van der Waals surface area contributed by atoms with Gasteiger partial charge in [0.15, 0.2) is 0 Å². The molecule has 1 aliphatic rings. The SMILES string of the molecule is COc1ccc(CNc2ncc(-c3cncc(N(C)CC4CCOCC4)n3)cc2C(C)=N)cc1. The Balaban J connectivity index is 1.49. The van der Waals surface area contributed by atoms with Crippen LogP contribution in [0.5, 0.6) is 5.75 Å². The number of benzene rings is 1. The Labute approximate surface area is 200 Å². The number of methoxy groups -OCH3 is 1. The van der Waals surface area contributed by atoms with Gasteiger partial charge in [-0.2, -0.15) is 0 Å². The van der Waals surface area contributed by atoms with E-state index in [4.69, 9.17) is 19.9 Å². The van der Waals surface area contributed by atoms with Gasteiger partial charge in [0.25, 0.3) is 0 Å². The summed E-state index contributed by atoms with van der Waals surface area (Å²) in [5.74, 6) is 2.93. The van der Waals surface area contributed by atoms with Crippen LogP contribution in [0.3, 0.4) is 0 Å². The molecule has 0 aliphatic carbocycles. The van der Waals surface area contributed by atoms with E-state index in [-0.39, 0.29) is 0 Å². The number of nitrogens with one attached hydrogen (secondary N) is 2. The minimum absolute atomic E-state index is 0.437.